The number of aromatic carboxylic acids is 1. The Hall–Kier alpha value is -2.24. The minimum atomic E-state index is -1.09. The van der Waals surface area contributed by atoms with Crippen LogP contribution in [-0.4, -0.2) is 31.1 Å². The Labute approximate surface area is 98.9 Å². The first-order valence-electron chi connectivity index (χ1n) is 5.26. The molecule has 2 heterocycles. The first-order chi connectivity index (χ1) is 8.18. The molecule has 0 saturated heterocycles. The fourth-order valence-electron chi connectivity index (χ4n) is 1.21. The number of aryl methyl sites for hydroxylation is 1. The summed E-state index contributed by atoms with van der Waals surface area (Å²) >= 11 is 0. The molecule has 0 radical (unpaired) electrons. The number of carbonyl (C=O) groups is 1. The normalized spacial score (nSPS) is 9.35. The molecule has 0 atom stereocenters. The highest BCUT2D eigenvalue weighted by molar-refractivity contribution is 5.89. The van der Waals surface area contributed by atoms with Gasteiger partial charge in [-0.2, -0.15) is 10.2 Å². The smallest absolute Gasteiger partial charge is 0.356 e. The maximum absolute atomic E-state index is 10.9. The molecule has 0 aliphatic carbocycles. The fourth-order valence-corrected chi connectivity index (χ4v) is 1.21. The number of aromatic nitrogens is 4. The molecular weight excluding hydrogens is 220 g/mol. The summed E-state index contributed by atoms with van der Waals surface area (Å²) in [5.74, 6) is -1.09. The second kappa shape index (κ2) is 5.74. The maximum Gasteiger partial charge on any atom is 0.356 e. The minimum absolute atomic E-state index is 0.0498. The highest BCUT2D eigenvalue weighted by Crippen LogP contribution is 2.10. The molecule has 6 heteroatoms. The van der Waals surface area contributed by atoms with Gasteiger partial charge in [-0.15, -0.1) is 4.80 Å². The third-order valence-electron chi connectivity index (χ3n) is 1.85. The first kappa shape index (κ1) is 12.8. The molecule has 0 aliphatic rings. The lowest BCUT2D eigenvalue weighted by atomic mass is 10.2. The van der Waals surface area contributed by atoms with Gasteiger partial charge in [0, 0.05) is 5.69 Å². The average Bonchev–Trinajstić information content (AvgIpc) is 2.85. The van der Waals surface area contributed by atoms with Crippen molar-refractivity contribution < 1.29 is 9.90 Å². The number of hydrogen-bond donors (Lipinski definition) is 1. The molecule has 1 N–H and O–H groups in total. The van der Waals surface area contributed by atoms with E-state index in [-0.39, 0.29) is 5.69 Å². The van der Waals surface area contributed by atoms with Crippen molar-refractivity contribution in [1.29, 1.82) is 0 Å². The first-order valence-corrected chi connectivity index (χ1v) is 5.26. The zero-order chi connectivity index (χ0) is 12.8. The fraction of sp³-hybridized carbons (Fsp3) is 0.273. The van der Waals surface area contributed by atoms with Gasteiger partial charge in [0.25, 0.3) is 0 Å². The van der Waals surface area contributed by atoms with E-state index in [0.29, 0.717) is 11.4 Å². The van der Waals surface area contributed by atoms with Crippen molar-refractivity contribution in [1.82, 2.24) is 20.0 Å². The molecule has 0 saturated carbocycles. The van der Waals surface area contributed by atoms with Crippen LogP contribution in [0.3, 0.4) is 0 Å². The van der Waals surface area contributed by atoms with Gasteiger partial charge in [-0.1, -0.05) is 13.8 Å². The molecule has 6 nitrogen and oxygen atoms in total. The quantitative estimate of drug-likeness (QED) is 0.855. The summed E-state index contributed by atoms with van der Waals surface area (Å²) in [5.41, 5.74) is 0.951. The summed E-state index contributed by atoms with van der Waals surface area (Å²) in [6.07, 6.45) is 2.96. The molecule has 0 aliphatic heterocycles. The largest absolute Gasteiger partial charge is 0.476 e. The molecular formula is C11H14N4O2. The van der Waals surface area contributed by atoms with Crippen LogP contribution in [0.1, 0.15) is 30.0 Å². The van der Waals surface area contributed by atoms with Crippen molar-refractivity contribution in [2.24, 2.45) is 0 Å². The van der Waals surface area contributed by atoms with Crippen LogP contribution in [0, 0.1) is 6.92 Å². The Morgan fingerprint density at radius 3 is 2.35 bits per heavy atom. The summed E-state index contributed by atoms with van der Waals surface area (Å²) in [4.78, 5) is 16.1. The molecule has 17 heavy (non-hydrogen) atoms. The number of pyridine rings is 1. The van der Waals surface area contributed by atoms with Gasteiger partial charge < -0.3 is 5.11 Å². The molecule has 2 aromatic rings. The van der Waals surface area contributed by atoms with Crippen LogP contribution < -0.4 is 0 Å². The number of nitrogens with zero attached hydrogens (tertiary/aromatic N) is 4. The van der Waals surface area contributed by atoms with Gasteiger partial charge in [-0.25, -0.2) is 9.78 Å². The van der Waals surface area contributed by atoms with Crippen molar-refractivity contribution in [3.05, 3.63) is 35.9 Å². The summed E-state index contributed by atoms with van der Waals surface area (Å²) < 4.78 is 0. The van der Waals surface area contributed by atoms with Crippen molar-refractivity contribution >= 4 is 5.97 Å². The van der Waals surface area contributed by atoms with E-state index >= 15 is 0 Å². The van der Waals surface area contributed by atoms with Crippen molar-refractivity contribution in [3.63, 3.8) is 0 Å². The summed E-state index contributed by atoms with van der Waals surface area (Å²) in [5, 5.41) is 16.7. The Morgan fingerprint density at radius 1 is 1.24 bits per heavy atom. The molecule has 0 amide bonds. The Kier molecular flexibility index (Phi) is 4.33. The number of carboxylic acid groups (broad SMARTS) is 1. The lowest BCUT2D eigenvalue weighted by Crippen LogP contribution is -2.10. The zero-order valence-corrected chi connectivity index (χ0v) is 9.95. The van der Waals surface area contributed by atoms with Crippen LogP contribution in [0.25, 0.3) is 5.69 Å². The summed E-state index contributed by atoms with van der Waals surface area (Å²) in [6.45, 7) is 5.73. The predicted octanol–water partition coefficient (Wildman–Crippen LogP) is 1.70. The maximum atomic E-state index is 10.9. The van der Waals surface area contributed by atoms with Crippen LogP contribution >= 0.6 is 0 Å². The predicted molar refractivity (Wildman–Crippen MR) is 62.2 cm³/mol. The number of hydrogen-bond acceptors (Lipinski definition) is 4. The highest BCUT2D eigenvalue weighted by Gasteiger charge is 2.14. The summed E-state index contributed by atoms with van der Waals surface area (Å²) in [6, 6.07) is 3.34. The van der Waals surface area contributed by atoms with Crippen molar-refractivity contribution in [2.45, 2.75) is 20.8 Å². The Morgan fingerprint density at radius 2 is 1.82 bits per heavy atom. The molecule has 90 valence electrons. The average molecular weight is 234 g/mol. The molecule has 0 unspecified atom stereocenters. The standard InChI is InChI=1S/C9H8N4O2.C2H6/c1-6-2-3-7(8(12-6)9(14)15)13-10-4-5-11-13;1-2/h2-5H,1H3,(H,14,15);1-2H3. The van der Waals surface area contributed by atoms with Crippen LogP contribution in [0.5, 0.6) is 0 Å². The van der Waals surface area contributed by atoms with Gasteiger partial charge in [-0.3, -0.25) is 0 Å². The van der Waals surface area contributed by atoms with Crippen LogP contribution in [-0.2, 0) is 0 Å². The number of carboxylic acids is 1. The van der Waals surface area contributed by atoms with E-state index in [4.69, 9.17) is 5.11 Å². The zero-order valence-electron chi connectivity index (χ0n) is 9.95. The van der Waals surface area contributed by atoms with E-state index < -0.39 is 5.97 Å². The van der Waals surface area contributed by atoms with E-state index in [2.05, 4.69) is 15.2 Å². The van der Waals surface area contributed by atoms with Gasteiger partial charge in [0.15, 0.2) is 5.69 Å². The molecule has 0 aromatic carbocycles. The van der Waals surface area contributed by atoms with E-state index in [1.165, 1.54) is 17.2 Å². The van der Waals surface area contributed by atoms with Crippen molar-refractivity contribution in [3.8, 4) is 5.69 Å². The second-order valence-electron chi connectivity index (χ2n) is 2.94. The van der Waals surface area contributed by atoms with Gasteiger partial charge >= 0.3 is 5.97 Å². The van der Waals surface area contributed by atoms with Gasteiger partial charge in [0.1, 0.15) is 5.69 Å². The van der Waals surface area contributed by atoms with Crippen molar-refractivity contribution in [2.75, 3.05) is 0 Å². The Bertz CT molecular complexity index is 494. The molecule has 2 aromatic heterocycles. The van der Waals surface area contributed by atoms with Crippen LogP contribution in [0.4, 0.5) is 0 Å². The Balaban J connectivity index is 0.000000686. The molecule has 0 fully saturated rings. The lowest BCUT2D eigenvalue weighted by Gasteiger charge is -2.04. The van der Waals surface area contributed by atoms with Crippen LogP contribution in [0.2, 0.25) is 0 Å². The van der Waals surface area contributed by atoms with E-state index in [1.807, 2.05) is 13.8 Å². The van der Waals surface area contributed by atoms with E-state index in [1.54, 1.807) is 19.1 Å². The number of rotatable bonds is 2. The third kappa shape index (κ3) is 2.87. The second-order valence-corrected chi connectivity index (χ2v) is 2.94. The van der Waals surface area contributed by atoms with Gasteiger partial charge in [0.2, 0.25) is 0 Å². The third-order valence-corrected chi connectivity index (χ3v) is 1.85. The van der Waals surface area contributed by atoms with Crippen LogP contribution in [0.15, 0.2) is 24.5 Å². The highest BCUT2D eigenvalue weighted by atomic mass is 16.4. The molecule has 0 spiro atoms. The minimum Gasteiger partial charge on any atom is -0.476 e. The lowest BCUT2D eigenvalue weighted by molar-refractivity contribution is 0.0690. The molecule has 0 bridgehead atoms. The van der Waals surface area contributed by atoms with Gasteiger partial charge in [0.05, 0.1) is 12.4 Å². The summed E-state index contributed by atoms with van der Waals surface area (Å²) in [7, 11) is 0. The SMILES string of the molecule is CC.Cc1ccc(-n2nccn2)c(C(=O)O)n1. The molecule has 2 rings (SSSR count). The monoisotopic (exact) mass is 234 g/mol. The topological polar surface area (TPSA) is 80.9 Å². The van der Waals surface area contributed by atoms with E-state index in [9.17, 15) is 4.79 Å². The van der Waals surface area contributed by atoms with Gasteiger partial charge in [-0.05, 0) is 19.1 Å². The van der Waals surface area contributed by atoms with E-state index in [0.717, 1.165) is 0 Å².